The predicted octanol–water partition coefficient (Wildman–Crippen LogP) is 2.51. The molecule has 0 fully saturated rings. The first-order chi connectivity index (χ1) is 11.1. The van der Waals surface area contributed by atoms with E-state index in [1.54, 1.807) is 36.4 Å². The Morgan fingerprint density at radius 2 is 2.00 bits per heavy atom. The summed E-state index contributed by atoms with van der Waals surface area (Å²) < 4.78 is 11.0. The number of methoxy groups -OCH3 is 1. The molecule has 118 valence electrons. The Morgan fingerprint density at radius 3 is 2.61 bits per heavy atom. The van der Waals surface area contributed by atoms with Gasteiger partial charge in [0, 0.05) is 10.0 Å². The molecule has 1 aromatic heterocycles. The first-order valence-electron chi connectivity index (χ1n) is 6.86. The summed E-state index contributed by atoms with van der Waals surface area (Å²) in [5, 5.41) is 3.99. The number of nitrogens with zero attached hydrogens (tertiary/aromatic N) is 1. The molecule has 0 amide bonds. The minimum Gasteiger partial charge on any atom is -0.469 e. The summed E-state index contributed by atoms with van der Waals surface area (Å²) in [6.45, 7) is 0. The Labute approximate surface area is 140 Å². The molecule has 1 aliphatic rings. The Bertz CT molecular complexity index is 753. The number of hydrogen-bond acceptors (Lipinski definition) is 6. The van der Waals surface area contributed by atoms with Crippen LogP contribution in [0.3, 0.4) is 0 Å². The number of benzene rings is 1. The summed E-state index contributed by atoms with van der Waals surface area (Å²) in [7, 11) is 1.27. The van der Waals surface area contributed by atoms with Gasteiger partial charge in [0.1, 0.15) is 11.8 Å². The van der Waals surface area contributed by atoms with Crippen LogP contribution in [-0.4, -0.2) is 30.6 Å². The zero-order valence-corrected chi connectivity index (χ0v) is 13.7. The van der Waals surface area contributed by atoms with E-state index in [2.05, 4.69) is 26.5 Å². The monoisotopic (exact) mass is 376 g/mol. The standard InChI is InChI=1S/C16H13BrN2O4/c1-22-16(21)14-12(11-3-2-8-23-11)13(18-19-14)15(20)9-4-6-10(17)7-5-9/h2-8,12-13,18H,1H3. The maximum Gasteiger partial charge on any atom is 0.355 e. The summed E-state index contributed by atoms with van der Waals surface area (Å²) in [6, 6.07) is 9.67. The Morgan fingerprint density at radius 1 is 1.26 bits per heavy atom. The van der Waals surface area contributed by atoms with E-state index < -0.39 is 17.9 Å². The number of carbonyl (C=O) groups excluding carboxylic acids is 2. The highest BCUT2D eigenvalue weighted by molar-refractivity contribution is 9.10. The molecule has 6 nitrogen and oxygen atoms in total. The molecule has 3 rings (SSSR count). The maximum absolute atomic E-state index is 12.8. The lowest BCUT2D eigenvalue weighted by Gasteiger charge is -2.17. The van der Waals surface area contributed by atoms with Crippen molar-refractivity contribution >= 4 is 33.4 Å². The van der Waals surface area contributed by atoms with Gasteiger partial charge in [0.2, 0.25) is 0 Å². The van der Waals surface area contributed by atoms with Gasteiger partial charge < -0.3 is 9.15 Å². The van der Waals surface area contributed by atoms with Gasteiger partial charge in [0.15, 0.2) is 11.5 Å². The second-order valence-electron chi connectivity index (χ2n) is 4.96. The van der Waals surface area contributed by atoms with Crippen LogP contribution in [0.4, 0.5) is 0 Å². The number of furan rings is 1. The number of hydrogen-bond donors (Lipinski definition) is 1. The quantitative estimate of drug-likeness (QED) is 0.654. The van der Waals surface area contributed by atoms with Gasteiger partial charge in [-0.05, 0) is 24.3 Å². The Hall–Kier alpha value is -2.41. The van der Waals surface area contributed by atoms with Crippen molar-refractivity contribution in [2.24, 2.45) is 5.10 Å². The molecule has 1 N–H and O–H groups in total. The molecule has 0 aliphatic carbocycles. The highest BCUT2D eigenvalue weighted by atomic mass is 79.9. The fourth-order valence-electron chi connectivity index (χ4n) is 2.49. The van der Waals surface area contributed by atoms with Crippen LogP contribution < -0.4 is 5.43 Å². The zero-order chi connectivity index (χ0) is 16.4. The molecule has 0 spiro atoms. The van der Waals surface area contributed by atoms with Gasteiger partial charge in [-0.3, -0.25) is 10.2 Å². The van der Waals surface area contributed by atoms with E-state index in [0.29, 0.717) is 11.3 Å². The number of esters is 1. The first-order valence-corrected chi connectivity index (χ1v) is 7.65. The molecule has 1 aromatic carbocycles. The smallest absolute Gasteiger partial charge is 0.355 e. The number of ether oxygens (including phenoxy) is 1. The van der Waals surface area contributed by atoms with Crippen molar-refractivity contribution in [1.29, 1.82) is 0 Å². The van der Waals surface area contributed by atoms with Crippen molar-refractivity contribution in [3.63, 3.8) is 0 Å². The van der Waals surface area contributed by atoms with E-state index >= 15 is 0 Å². The summed E-state index contributed by atoms with van der Waals surface area (Å²) in [5.41, 5.74) is 3.38. The molecular formula is C16H13BrN2O4. The zero-order valence-electron chi connectivity index (χ0n) is 12.2. The highest BCUT2D eigenvalue weighted by Gasteiger charge is 2.43. The molecule has 0 saturated carbocycles. The lowest BCUT2D eigenvalue weighted by Crippen LogP contribution is -2.37. The van der Waals surface area contributed by atoms with Crippen molar-refractivity contribution in [2.45, 2.75) is 12.0 Å². The van der Waals surface area contributed by atoms with Crippen LogP contribution in [0.5, 0.6) is 0 Å². The topological polar surface area (TPSA) is 80.9 Å². The van der Waals surface area contributed by atoms with E-state index in [1.807, 2.05) is 0 Å². The largest absolute Gasteiger partial charge is 0.469 e. The first kappa shape index (κ1) is 15.5. The van der Waals surface area contributed by atoms with Crippen molar-refractivity contribution < 1.29 is 18.7 Å². The van der Waals surface area contributed by atoms with E-state index in [1.165, 1.54) is 13.4 Å². The number of hydrazone groups is 1. The summed E-state index contributed by atoms with van der Waals surface area (Å²) in [6.07, 6.45) is 1.49. The van der Waals surface area contributed by atoms with Gasteiger partial charge in [0.25, 0.3) is 0 Å². The molecule has 2 atom stereocenters. The van der Waals surface area contributed by atoms with Crippen LogP contribution in [0.2, 0.25) is 0 Å². The third kappa shape index (κ3) is 2.92. The second-order valence-corrected chi connectivity index (χ2v) is 5.88. The van der Waals surface area contributed by atoms with Crippen LogP contribution in [-0.2, 0) is 9.53 Å². The Kier molecular flexibility index (Phi) is 4.29. The van der Waals surface area contributed by atoms with Crippen LogP contribution in [0, 0.1) is 0 Å². The average Bonchev–Trinajstić information content (AvgIpc) is 3.23. The van der Waals surface area contributed by atoms with Crippen molar-refractivity contribution in [2.75, 3.05) is 7.11 Å². The molecule has 1 aliphatic heterocycles. The predicted molar refractivity (Wildman–Crippen MR) is 86.3 cm³/mol. The van der Waals surface area contributed by atoms with Gasteiger partial charge >= 0.3 is 5.97 Å². The molecule has 2 unspecified atom stereocenters. The van der Waals surface area contributed by atoms with E-state index in [4.69, 9.17) is 9.15 Å². The molecule has 0 bridgehead atoms. The average molecular weight is 377 g/mol. The number of rotatable bonds is 4. The van der Waals surface area contributed by atoms with E-state index in [-0.39, 0.29) is 11.5 Å². The Balaban J connectivity index is 1.94. The fraction of sp³-hybridized carbons (Fsp3) is 0.188. The van der Waals surface area contributed by atoms with E-state index in [9.17, 15) is 9.59 Å². The molecule has 7 heteroatoms. The van der Waals surface area contributed by atoms with Gasteiger partial charge in [-0.2, -0.15) is 5.10 Å². The summed E-state index contributed by atoms with van der Waals surface area (Å²) >= 11 is 3.33. The van der Waals surface area contributed by atoms with E-state index in [0.717, 1.165) is 4.47 Å². The third-order valence-electron chi connectivity index (χ3n) is 3.61. The molecule has 0 radical (unpaired) electrons. The summed E-state index contributed by atoms with van der Waals surface area (Å²) in [4.78, 5) is 24.7. The maximum atomic E-state index is 12.8. The summed E-state index contributed by atoms with van der Waals surface area (Å²) in [5.74, 6) is -0.922. The number of halogens is 1. The molecular weight excluding hydrogens is 364 g/mol. The van der Waals surface area contributed by atoms with Crippen LogP contribution in [0.25, 0.3) is 0 Å². The highest BCUT2D eigenvalue weighted by Crippen LogP contribution is 2.29. The normalized spacial score (nSPS) is 19.8. The SMILES string of the molecule is COC(=O)C1=NNC(C(=O)c2ccc(Br)cc2)C1c1ccco1. The lowest BCUT2D eigenvalue weighted by molar-refractivity contribution is -0.132. The minimum atomic E-state index is -0.726. The number of ketones is 1. The lowest BCUT2D eigenvalue weighted by atomic mass is 9.88. The van der Waals surface area contributed by atoms with Crippen LogP contribution in [0.1, 0.15) is 22.0 Å². The molecule has 0 saturated heterocycles. The molecule has 2 heterocycles. The van der Waals surface area contributed by atoms with Crippen molar-refractivity contribution in [1.82, 2.24) is 5.43 Å². The number of carbonyl (C=O) groups is 2. The fourth-order valence-corrected chi connectivity index (χ4v) is 2.75. The van der Waals surface area contributed by atoms with Crippen molar-refractivity contribution in [3.8, 4) is 0 Å². The number of nitrogens with one attached hydrogen (secondary N) is 1. The molecule has 2 aromatic rings. The third-order valence-corrected chi connectivity index (χ3v) is 4.14. The number of Topliss-reactive ketones (excluding diaryl/α,β-unsaturated/α-hetero) is 1. The van der Waals surface area contributed by atoms with Gasteiger partial charge in [-0.15, -0.1) is 0 Å². The van der Waals surface area contributed by atoms with Gasteiger partial charge in [-0.1, -0.05) is 28.1 Å². The van der Waals surface area contributed by atoms with Crippen molar-refractivity contribution in [3.05, 3.63) is 58.5 Å². The minimum absolute atomic E-state index is 0.123. The molecule has 23 heavy (non-hydrogen) atoms. The van der Waals surface area contributed by atoms with Gasteiger partial charge in [0.05, 0.1) is 19.3 Å². The van der Waals surface area contributed by atoms with Crippen LogP contribution in [0.15, 0.2) is 56.7 Å². The second kappa shape index (κ2) is 6.37. The van der Waals surface area contributed by atoms with Gasteiger partial charge in [-0.25, -0.2) is 4.79 Å². The van der Waals surface area contributed by atoms with Crippen LogP contribution >= 0.6 is 15.9 Å².